The summed E-state index contributed by atoms with van der Waals surface area (Å²) in [6.45, 7) is 4.36. The lowest BCUT2D eigenvalue weighted by Gasteiger charge is -2.24. The molecule has 2 atom stereocenters. The van der Waals surface area contributed by atoms with Crippen LogP contribution in [-0.4, -0.2) is 74.9 Å². The Labute approximate surface area is 356 Å². The first-order valence-corrected chi connectivity index (χ1v) is 24.9. The van der Waals surface area contributed by atoms with Gasteiger partial charge in [-0.15, -0.1) is 0 Å². The maximum absolute atomic E-state index is 12.7. The van der Waals surface area contributed by atoms with E-state index in [-0.39, 0.29) is 32.0 Å². The maximum atomic E-state index is 12.7. The van der Waals surface area contributed by atoms with Crippen LogP contribution in [0.3, 0.4) is 0 Å². The first-order valence-electron chi connectivity index (χ1n) is 23.4. The van der Waals surface area contributed by atoms with Gasteiger partial charge >= 0.3 is 19.8 Å². The van der Waals surface area contributed by atoms with E-state index in [1.807, 2.05) is 21.1 Å². The molecular weight excluding hydrogens is 750 g/mol. The first kappa shape index (κ1) is 56.0. The molecule has 0 saturated carbocycles. The molecule has 0 aromatic rings. The molecule has 0 aromatic carbocycles. The van der Waals surface area contributed by atoms with Crippen molar-refractivity contribution in [2.24, 2.45) is 0 Å². The average molecular weight is 839 g/mol. The Morgan fingerprint density at radius 3 is 1.43 bits per heavy atom. The summed E-state index contributed by atoms with van der Waals surface area (Å²) in [5.41, 5.74) is 0. The van der Waals surface area contributed by atoms with Gasteiger partial charge in [0, 0.05) is 12.8 Å². The zero-order valence-electron chi connectivity index (χ0n) is 38.0. The zero-order chi connectivity index (χ0) is 42.8. The van der Waals surface area contributed by atoms with Crippen LogP contribution in [0, 0.1) is 0 Å². The van der Waals surface area contributed by atoms with Gasteiger partial charge in [-0.25, -0.2) is 4.57 Å². The van der Waals surface area contributed by atoms with Gasteiger partial charge in [-0.3, -0.25) is 18.6 Å². The van der Waals surface area contributed by atoms with Gasteiger partial charge in [-0.2, -0.15) is 0 Å². The van der Waals surface area contributed by atoms with E-state index in [1.165, 1.54) is 116 Å². The Balaban J connectivity index is 4.42. The number of hydrogen-bond acceptors (Lipinski definition) is 7. The van der Waals surface area contributed by atoms with E-state index >= 15 is 0 Å². The van der Waals surface area contributed by atoms with Gasteiger partial charge in [-0.1, -0.05) is 178 Å². The summed E-state index contributed by atoms with van der Waals surface area (Å²) in [6, 6.07) is 0. The second-order valence-corrected chi connectivity index (χ2v) is 18.2. The van der Waals surface area contributed by atoms with Crippen molar-refractivity contribution in [2.45, 2.75) is 200 Å². The number of quaternary nitrogens is 1. The molecule has 0 spiro atoms. The smallest absolute Gasteiger partial charge is 0.462 e. The predicted molar refractivity (Wildman–Crippen MR) is 243 cm³/mol. The molecule has 0 aliphatic heterocycles. The highest BCUT2D eigenvalue weighted by atomic mass is 31.2. The number of unbranched alkanes of at least 4 members (excludes halogenated alkanes) is 20. The zero-order valence-corrected chi connectivity index (χ0v) is 38.9. The fourth-order valence-corrected chi connectivity index (χ4v) is 6.92. The molecule has 0 radical (unpaired) electrons. The van der Waals surface area contributed by atoms with Gasteiger partial charge in [0.1, 0.15) is 19.8 Å². The third-order valence-electron chi connectivity index (χ3n) is 9.86. The van der Waals surface area contributed by atoms with E-state index < -0.39 is 26.5 Å². The molecule has 0 rings (SSSR count). The molecule has 0 aliphatic carbocycles. The van der Waals surface area contributed by atoms with Crippen LogP contribution in [0.25, 0.3) is 0 Å². The fourth-order valence-electron chi connectivity index (χ4n) is 6.18. The molecule has 58 heavy (non-hydrogen) atoms. The highest BCUT2D eigenvalue weighted by molar-refractivity contribution is 7.47. The molecule has 0 heterocycles. The minimum atomic E-state index is -4.39. The molecule has 338 valence electrons. The second kappa shape index (κ2) is 40.4. The molecule has 10 heteroatoms. The highest BCUT2D eigenvalue weighted by Crippen LogP contribution is 2.43. The van der Waals surface area contributed by atoms with Gasteiger partial charge in [0.2, 0.25) is 0 Å². The lowest BCUT2D eigenvalue weighted by Crippen LogP contribution is -2.37. The van der Waals surface area contributed by atoms with Crippen LogP contribution >= 0.6 is 7.82 Å². The number of esters is 2. The Morgan fingerprint density at radius 1 is 0.534 bits per heavy atom. The number of carbonyl (C=O) groups excluding carboxylic acids is 2. The normalized spacial score (nSPS) is 14.0. The van der Waals surface area contributed by atoms with Crippen molar-refractivity contribution in [3.63, 3.8) is 0 Å². The van der Waals surface area contributed by atoms with Gasteiger partial charge in [0.25, 0.3) is 0 Å². The standard InChI is InChI=1S/C48H88NO8P/c1-6-8-10-12-14-16-18-20-22-23-24-25-27-29-31-33-35-37-39-41-48(51)57-46(45-56-58(52,53)55-43-42-49(3,4)5)44-54-47(50)40-38-36-34-32-30-28-26-21-19-17-15-13-11-9-7-2/h18,20,23-24,27,29,33,35,46H,6-17,19,21-22,25-26,28,30-32,34,36-45H2,1-5H3/p+1/b20-18-,24-23-,29-27-,35-33-/t46-/m1/s1. The van der Waals surface area contributed by atoms with Crippen molar-refractivity contribution < 1.29 is 42.1 Å². The summed E-state index contributed by atoms with van der Waals surface area (Å²) in [5, 5.41) is 0. The maximum Gasteiger partial charge on any atom is 0.472 e. The molecule has 0 aliphatic rings. The van der Waals surface area contributed by atoms with Gasteiger partial charge in [0.05, 0.1) is 27.7 Å². The molecule has 1 N–H and O–H groups in total. The number of phosphoric ester groups is 1. The fraction of sp³-hybridized carbons (Fsp3) is 0.792. The van der Waals surface area contributed by atoms with Crippen LogP contribution in [0.15, 0.2) is 48.6 Å². The van der Waals surface area contributed by atoms with Crippen molar-refractivity contribution >= 4 is 19.8 Å². The summed E-state index contributed by atoms with van der Waals surface area (Å²) >= 11 is 0. The Bertz CT molecular complexity index is 1130. The number of phosphoric acid groups is 1. The minimum absolute atomic E-state index is 0.0214. The molecule has 9 nitrogen and oxygen atoms in total. The van der Waals surface area contributed by atoms with Crippen LogP contribution in [0.4, 0.5) is 0 Å². The summed E-state index contributed by atoms with van der Waals surface area (Å²) in [5.74, 6) is -0.860. The molecule has 0 fully saturated rings. The van der Waals surface area contributed by atoms with Crippen molar-refractivity contribution in [1.82, 2.24) is 0 Å². The van der Waals surface area contributed by atoms with Gasteiger partial charge in [0.15, 0.2) is 6.10 Å². The molecule has 0 amide bonds. The quantitative estimate of drug-likeness (QED) is 0.0213. The van der Waals surface area contributed by atoms with Crippen molar-refractivity contribution in [1.29, 1.82) is 0 Å². The van der Waals surface area contributed by atoms with E-state index in [1.54, 1.807) is 0 Å². The number of nitrogens with zero attached hydrogens (tertiary/aromatic N) is 1. The third-order valence-corrected chi connectivity index (χ3v) is 10.8. The first-order chi connectivity index (χ1) is 28.0. The Kier molecular flexibility index (Phi) is 39.0. The number of ether oxygens (including phenoxy) is 2. The van der Waals surface area contributed by atoms with Crippen LogP contribution in [-0.2, 0) is 32.7 Å². The topological polar surface area (TPSA) is 108 Å². The van der Waals surface area contributed by atoms with E-state index in [4.69, 9.17) is 18.5 Å². The van der Waals surface area contributed by atoms with Crippen LogP contribution in [0.2, 0.25) is 0 Å². The summed E-state index contributed by atoms with van der Waals surface area (Å²) in [4.78, 5) is 35.4. The molecule has 0 bridgehead atoms. The average Bonchev–Trinajstić information content (AvgIpc) is 3.17. The van der Waals surface area contributed by atoms with Crippen LogP contribution in [0.1, 0.15) is 194 Å². The second-order valence-electron chi connectivity index (χ2n) is 16.8. The number of allylic oxidation sites excluding steroid dienone is 8. The van der Waals surface area contributed by atoms with Crippen molar-refractivity contribution in [2.75, 3.05) is 47.5 Å². The lowest BCUT2D eigenvalue weighted by molar-refractivity contribution is -0.870. The van der Waals surface area contributed by atoms with E-state index in [9.17, 15) is 19.0 Å². The highest BCUT2D eigenvalue weighted by Gasteiger charge is 2.27. The summed E-state index contributed by atoms with van der Waals surface area (Å²) < 4.78 is 34.3. The summed E-state index contributed by atoms with van der Waals surface area (Å²) in [7, 11) is 1.44. The van der Waals surface area contributed by atoms with Crippen LogP contribution in [0.5, 0.6) is 0 Å². The number of likely N-dealkylation sites (N-methyl/N-ethyl adjacent to an activating group) is 1. The molecule has 1 unspecified atom stereocenters. The monoisotopic (exact) mass is 839 g/mol. The minimum Gasteiger partial charge on any atom is -0.462 e. The van der Waals surface area contributed by atoms with Gasteiger partial charge in [-0.05, 0) is 51.4 Å². The van der Waals surface area contributed by atoms with E-state index in [2.05, 4.69) is 62.5 Å². The Hall–Kier alpha value is -2.03. The summed E-state index contributed by atoms with van der Waals surface area (Å²) in [6.07, 6.45) is 47.4. The number of rotatable bonds is 42. The third kappa shape index (κ3) is 43.5. The molecule has 0 saturated heterocycles. The van der Waals surface area contributed by atoms with E-state index in [0.717, 1.165) is 44.9 Å². The van der Waals surface area contributed by atoms with E-state index in [0.29, 0.717) is 17.4 Å². The Morgan fingerprint density at radius 2 is 0.948 bits per heavy atom. The molecule has 0 aromatic heterocycles. The predicted octanol–water partition coefficient (Wildman–Crippen LogP) is 13.5. The number of carbonyl (C=O) groups is 2. The largest absolute Gasteiger partial charge is 0.472 e. The number of hydrogen-bond donors (Lipinski definition) is 1. The van der Waals surface area contributed by atoms with Crippen LogP contribution < -0.4 is 0 Å². The SMILES string of the molecule is CCCCCCC/C=C\C/C=C\C/C=C\C/C=C\CCCC(=O)O[C@H](COC(=O)CCCCCCCCCCCCCCCCC)COP(=O)(O)OCC[N+](C)(C)C. The van der Waals surface area contributed by atoms with Gasteiger partial charge < -0.3 is 18.9 Å². The lowest BCUT2D eigenvalue weighted by atomic mass is 10.0. The van der Waals surface area contributed by atoms with Crippen molar-refractivity contribution in [3.8, 4) is 0 Å². The van der Waals surface area contributed by atoms with Crippen molar-refractivity contribution in [3.05, 3.63) is 48.6 Å². The molecular formula is C48H89NO8P+.